The van der Waals surface area contributed by atoms with E-state index >= 15 is 0 Å². The van der Waals surface area contributed by atoms with Crippen LogP contribution in [0.5, 0.6) is 5.75 Å². The largest absolute Gasteiger partial charge is 0.508 e. The molecule has 4 rings (SSSR count). The zero-order chi connectivity index (χ0) is 20.4. The van der Waals surface area contributed by atoms with Gasteiger partial charge in [-0.25, -0.2) is 4.68 Å². The number of carbonyl (C=O) groups excluding carboxylic acids is 2. The molecule has 1 saturated heterocycles. The van der Waals surface area contributed by atoms with Crippen molar-refractivity contribution in [1.29, 1.82) is 0 Å². The minimum absolute atomic E-state index is 0.0104. The molecule has 1 aliphatic rings. The number of phenolic OH excluding ortho intramolecular Hbond substituents is 1. The lowest BCUT2D eigenvalue weighted by Gasteiger charge is -2.31. The van der Waals surface area contributed by atoms with E-state index in [9.17, 15) is 14.7 Å². The summed E-state index contributed by atoms with van der Waals surface area (Å²) in [5.41, 5.74) is 3.24. The summed E-state index contributed by atoms with van der Waals surface area (Å²) < 4.78 is 1.78. The number of ketones is 1. The molecule has 0 radical (unpaired) electrons. The van der Waals surface area contributed by atoms with E-state index in [0.717, 1.165) is 11.3 Å². The van der Waals surface area contributed by atoms with Crippen molar-refractivity contribution in [2.24, 2.45) is 5.92 Å². The number of hydrogen-bond donors (Lipinski definition) is 1. The Bertz CT molecular complexity index is 1010. The van der Waals surface area contributed by atoms with E-state index < -0.39 is 0 Å². The predicted octanol–water partition coefficient (Wildman–Crippen LogP) is 3.62. The van der Waals surface area contributed by atoms with Gasteiger partial charge in [-0.05, 0) is 73.9 Å². The third kappa shape index (κ3) is 4.06. The van der Waals surface area contributed by atoms with Crippen molar-refractivity contribution in [2.75, 3.05) is 13.1 Å². The maximum Gasteiger partial charge on any atom is 0.253 e. The third-order valence-electron chi connectivity index (χ3n) is 5.40. The molecule has 1 amide bonds. The third-order valence-corrected chi connectivity index (χ3v) is 5.40. The number of aromatic hydroxyl groups is 1. The molecule has 0 saturated carbocycles. The number of nitrogens with zero attached hydrogens (tertiary/aromatic N) is 3. The average molecular weight is 389 g/mol. The van der Waals surface area contributed by atoms with Crippen LogP contribution < -0.4 is 0 Å². The highest BCUT2D eigenvalue weighted by molar-refractivity contribution is 5.98. The first-order valence-electron chi connectivity index (χ1n) is 9.75. The van der Waals surface area contributed by atoms with Crippen molar-refractivity contribution < 1.29 is 14.7 Å². The van der Waals surface area contributed by atoms with Crippen LogP contribution in [0.3, 0.4) is 0 Å². The maximum absolute atomic E-state index is 12.8. The summed E-state index contributed by atoms with van der Waals surface area (Å²) in [6, 6.07) is 13.8. The highest BCUT2D eigenvalue weighted by Crippen LogP contribution is 2.24. The highest BCUT2D eigenvalue weighted by Gasteiger charge is 2.28. The second kappa shape index (κ2) is 7.91. The molecule has 148 valence electrons. The van der Waals surface area contributed by atoms with Gasteiger partial charge in [-0.15, -0.1) is 0 Å². The van der Waals surface area contributed by atoms with Gasteiger partial charge in [0, 0.05) is 36.3 Å². The van der Waals surface area contributed by atoms with Gasteiger partial charge >= 0.3 is 0 Å². The number of piperidine rings is 1. The van der Waals surface area contributed by atoms with Crippen molar-refractivity contribution >= 4 is 11.7 Å². The Hall–Kier alpha value is -3.41. The number of phenols is 1. The van der Waals surface area contributed by atoms with Crippen molar-refractivity contribution in [3.8, 4) is 11.4 Å². The first-order valence-corrected chi connectivity index (χ1v) is 9.75. The van der Waals surface area contributed by atoms with Crippen LogP contribution in [-0.2, 0) is 0 Å². The summed E-state index contributed by atoms with van der Waals surface area (Å²) in [5, 5.41) is 13.7. The van der Waals surface area contributed by atoms with Gasteiger partial charge < -0.3 is 10.0 Å². The first-order chi connectivity index (χ1) is 14.0. The molecule has 0 unspecified atom stereocenters. The molecule has 0 atom stereocenters. The van der Waals surface area contributed by atoms with Crippen molar-refractivity contribution in [3.05, 3.63) is 77.6 Å². The van der Waals surface area contributed by atoms with E-state index in [0.29, 0.717) is 37.1 Å². The SMILES string of the molecule is Cc1cnn(-c2ccc(C(=O)N3CCC(C(=O)c4ccc(O)cc4)CC3)cc2)c1. The van der Waals surface area contributed by atoms with Crippen LogP contribution in [0.4, 0.5) is 0 Å². The lowest BCUT2D eigenvalue weighted by Crippen LogP contribution is -2.40. The number of aromatic nitrogens is 2. The number of Topliss-reactive ketones (excluding diaryl/α,β-unsaturated/α-hetero) is 1. The molecular formula is C23H23N3O3. The van der Waals surface area contributed by atoms with Crippen molar-refractivity contribution in [2.45, 2.75) is 19.8 Å². The van der Waals surface area contributed by atoms with E-state index in [2.05, 4.69) is 5.10 Å². The molecule has 1 fully saturated rings. The van der Waals surface area contributed by atoms with Crippen molar-refractivity contribution in [3.63, 3.8) is 0 Å². The highest BCUT2D eigenvalue weighted by atomic mass is 16.3. The number of benzene rings is 2. The number of rotatable bonds is 4. The molecule has 29 heavy (non-hydrogen) atoms. The van der Waals surface area contributed by atoms with E-state index in [1.165, 1.54) is 12.1 Å². The summed E-state index contributed by atoms with van der Waals surface area (Å²) in [6.45, 7) is 3.11. The molecule has 2 aromatic carbocycles. The van der Waals surface area contributed by atoms with Crippen LogP contribution in [0.25, 0.3) is 5.69 Å². The molecule has 0 bridgehead atoms. The molecule has 6 nitrogen and oxygen atoms in total. The summed E-state index contributed by atoms with van der Waals surface area (Å²) in [5.74, 6) is 0.129. The van der Waals surface area contributed by atoms with Gasteiger partial charge in [0.05, 0.1) is 11.9 Å². The number of amides is 1. The number of carbonyl (C=O) groups is 2. The van der Waals surface area contributed by atoms with E-state index in [4.69, 9.17) is 0 Å². The van der Waals surface area contributed by atoms with E-state index in [1.807, 2.05) is 42.3 Å². The Morgan fingerprint density at radius 2 is 1.59 bits per heavy atom. The van der Waals surface area contributed by atoms with Gasteiger partial charge in [-0.2, -0.15) is 5.10 Å². The summed E-state index contributed by atoms with van der Waals surface area (Å²) in [7, 11) is 0. The smallest absolute Gasteiger partial charge is 0.253 e. The topological polar surface area (TPSA) is 75.4 Å². The Morgan fingerprint density at radius 3 is 2.17 bits per heavy atom. The van der Waals surface area contributed by atoms with Gasteiger partial charge in [-0.1, -0.05) is 0 Å². The quantitative estimate of drug-likeness (QED) is 0.692. The number of likely N-dealkylation sites (tertiary alicyclic amines) is 1. The Morgan fingerprint density at radius 1 is 0.966 bits per heavy atom. The zero-order valence-electron chi connectivity index (χ0n) is 16.3. The van der Waals surface area contributed by atoms with Crippen LogP contribution in [-0.4, -0.2) is 44.6 Å². The molecule has 0 aliphatic carbocycles. The Labute approximate surface area is 169 Å². The zero-order valence-corrected chi connectivity index (χ0v) is 16.3. The fourth-order valence-electron chi connectivity index (χ4n) is 3.70. The molecule has 1 aliphatic heterocycles. The summed E-state index contributed by atoms with van der Waals surface area (Å²) >= 11 is 0. The molecule has 0 spiro atoms. The second-order valence-electron chi connectivity index (χ2n) is 7.49. The second-order valence-corrected chi connectivity index (χ2v) is 7.49. The number of hydrogen-bond acceptors (Lipinski definition) is 4. The lowest BCUT2D eigenvalue weighted by atomic mass is 9.88. The molecule has 3 aromatic rings. The van der Waals surface area contributed by atoms with Crippen LogP contribution in [0.15, 0.2) is 60.9 Å². The number of aryl methyl sites for hydroxylation is 1. The van der Waals surface area contributed by atoms with Gasteiger partial charge in [0.2, 0.25) is 0 Å². The van der Waals surface area contributed by atoms with Crippen LogP contribution in [0.1, 0.15) is 39.1 Å². The van der Waals surface area contributed by atoms with Gasteiger partial charge in [-0.3, -0.25) is 9.59 Å². The lowest BCUT2D eigenvalue weighted by molar-refractivity contribution is 0.0650. The molecule has 1 aromatic heterocycles. The average Bonchev–Trinajstić information content (AvgIpc) is 3.20. The first kappa shape index (κ1) is 18.9. The van der Waals surface area contributed by atoms with E-state index in [-0.39, 0.29) is 23.4 Å². The molecule has 1 N–H and O–H groups in total. The standard InChI is InChI=1S/C23H23N3O3/c1-16-14-24-26(15-16)20-6-2-19(3-7-20)23(29)25-12-10-18(11-13-25)22(28)17-4-8-21(27)9-5-17/h2-9,14-15,18,27H,10-13H2,1H3. The summed E-state index contributed by atoms with van der Waals surface area (Å²) in [4.78, 5) is 27.3. The minimum atomic E-state index is -0.0889. The Balaban J connectivity index is 1.37. The van der Waals surface area contributed by atoms with Gasteiger partial charge in [0.1, 0.15) is 5.75 Å². The normalized spacial score (nSPS) is 14.7. The monoisotopic (exact) mass is 389 g/mol. The van der Waals surface area contributed by atoms with Gasteiger partial charge in [0.15, 0.2) is 5.78 Å². The van der Waals surface area contributed by atoms with Gasteiger partial charge in [0.25, 0.3) is 5.91 Å². The van der Waals surface area contributed by atoms with Crippen molar-refractivity contribution in [1.82, 2.24) is 14.7 Å². The molecule has 2 heterocycles. The molecule has 6 heteroatoms. The van der Waals surface area contributed by atoms with E-state index in [1.54, 1.807) is 23.0 Å². The predicted molar refractivity (Wildman–Crippen MR) is 109 cm³/mol. The van der Waals surface area contributed by atoms with Crippen LogP contribution in [0.2, 0.25) is 0 Å². The maximum atomic E-state index is 12.8. The Kier molecular flexibility index (Phi) is 5.16. The minimum Gasteiger partial charge on any atom is -0.508 e. The van der Waals surface area contributed by atoms with Crippen LogP contribution in [0, 0.1) is 12.8 Å². The summed E-state index contributed by atoms with van der Waals surface area (Å²) in [6.07, 6.45) is 5.03. The fourth-order valence-corrected chi connectivity index (χ4v) is 3.70. The van der Waals surface area contributed by atoms with Crippen LogP contribution >= 0.6 is 0 Å². The molecular weight excluding hydrogens is 366 g/mol. The fraction of sp³-hybridized carbons (Fsp3) is 0.261.